The van der Waals surface area contributed by atoms with Crippen LogP contribution in [0.25, 0.3) is 17.1 Å². The summed E-state index contributed by atoms with van der Waals surface area (Å²) in [7, 11) is -3.12. The molecule has 0 bridgehead atoms. The van der Waals surface area contributed by atoms with Gasteiger partial charge in [0.1, 0.15) is 11.6 Å². The highest BCUT2D eigenvalue weighted by molar-refractivity contribution is 8.00. The average Bonchev–Trinajstić information content (AvgIpc) is 3.31. The van der Waals surface area contributed by atoms with Crippen LogP contribution in [-0.2, 0) is 14.6 Å². The van der Waals surface area contributed by atoms with E-state index >= 15 is 0 Å². The van der Waals surface area contributed by atoms with Crippen LogP contribution in [0.5, 0.6) is 0 Å². The number of thioether (sulfide) groups is 1. The third-order valence-electron chi connectivity index (χ3n) is 5.05. The van der Waals surface area contributed by atoms with Crippen LogP contribution < -0.4 is 5.32 Å². The van der Waals surface area contributed by atoms with E-state index in [1.165, 1.54) is 10.6 Å². The molecule has 0 unspecified atom stereocenters. The van der Waals surface area contributed by atoms with Gasteiger partial charge >= 0.3 is 0 Å². The van der Waals surface area contributed by atoms with Crippen LogP contribution in [0.3, 0.4) is 0 Å². The summed E-state index contributed by atoms with van der Waals surface area (Å²) in [5.74, 6) is -1.55. The molecule has 2 atom stereocenters. The van der Waals surface area contributed by atoms with E-state index < -0.39 is 32.8 Å². The van der Waals surface area contributed by atoms with Crippen LogP contribution in [0.15, 0.2) is 53.7 Å². The van der Waals surface area contributed by atoms with Crippen molar-refractivity contribution in [2.75, 3.05) is 11.5 Å². The highest BCUT2D eigenvalue weighted by Gasteiger charge is 2.31. The maximum Gasteiger partial charge on any atom is 0.233 e. The molecule has 7 nitrogen and oxygen atoms in total. The SMILES string of the molecule is C[C@H](Sc1nnc(-c2ccccc2)n1-c1ccc(F)cc1F)C(=O)N[C@H]1CCS(=O)(=O)C1. The van der Waals surface area contributed by atoms with Crippen molar-refractivity contribution < 1.29 is 22.0 Å². The molecule has 0 spiro atoms. The molecule has 1 aliphatic rings. The highest BCUT2D eigenvalue weighted by atomic mass is 32.2. The molecule has 0 saturated carbocycles. The quantitative estimate of drug-likeness (QED) is 0.548. The Labute approximate surface area is 188 Å². The Hall–Kier alpha value is -2.79. The minimum absolute atomic E-state index is 0.0484. The fourth-order valence-corrected chi connectivity index (χ4v) is 5.98. The van der Waals surface area contributed by atoms with Crippen molar-refractivity contribution in [2.45, 2.75) is 29.8 Å². The number of carbonyl (C=O) groups excluding carboxylic acids is 1. The summed E-state index contributed by atoms with van der Waals surface area (Å²) in [5.41, 5.74) is 0.719. The average molecular weight is 479 g/mol. The smallest absolute Gasteiger partial charge is 0.233 e. The van der Waals surface area contributed by atoms with Gasteiger partial charge in [-0.2, -0.15) is 0 Å². The largest absolute Gasteiger partial charge is 0.351 e. The molecule has 0 aliphatic carbocycles. The lowest BCUT2D eigenvalue weighted by molar-refractivity contribution is -0.120. The molecule has 32 heavy (non-hydrogen) atoms. The molecule has 1 aromatic heterocycles. The van der Waals surface area contributed by atoms with E-state index in [1.807, 2.05) is 6.07 Å². The lowest BCUT2D eigenvalue weighted by Crippen LogP contribution is -2.40. The molecule has 1 N–H and O–H groups in total. The zero-order chi connectivity index (χ0) is 22.9. The first kappa shape index (κ1) is 22.4. The molecule has 2 heterocycles. The normalized spacial score (nSPS) is 18.4. The number of hydrogen-bond acceptors (Lipinski definition) is 6. The predicted molar refractivity (Wildman–Crippen MR) is 117 cm³/mol. The van der Waals surface area contributed by atoms with Crippen molar-refractivity contribution in [1.82, 2.24) is 20.1 Å². The standard InChI is InChI=1S/C21H20F2N4O3S2/c1-13(20(28)24-16-9-10-32(29,30)12-16)31-21-26-25-19(14-5-3-2-4-6-14)27(21)18-8-7-15(22)11-17(18)23/h2-8,11,13,16H,9-10,12H2,1H3,(H,24,28)/t13-,16-/m0/s1. The highest BCUT2D eigenvalue weighted by Crippen LogP contribution is 2.31. The molecule has 11 heteroatoms. The molecule has 1 fully saturated rings. The second-order valence-corrected chi connectivity index (χ2v) is 11.0. The Bertz CT molecular complexity index is 1250. The van der Waals surface area contributed by atoms with Crippen molar-refractivity contribution in [2.24, 2.45) is 0 Å². The molecule has 3 aromatic rings. The van der Waals surface area contributed by atoms with Crippen LogP contribution in [0.4, 0.5) is 8.78 Å². The molecular weight excluding hydrogens is 458 g/mol. The van der Waals surface area contributed by atoms with Gasteiger partial charge in [0.25, 0.3) is 0 Å². The Morgan fingerprint density at radius 3 is 2.59 bits per heavy atom. The first-order chi connectivity index (χ1) is 15.2. The van der Waals surface area contributed by atoms with Gasteiger partial charge < -0.3 is 5.32 Å². The fourth-order valence-electron chi connectivity index (χ4n) is 3.44. The number of hydrogen-bond donors (Lipinski definition) is 1. The van der Waals surface area contributed by atoms with Gasteiger partial charge in [0, 0.05) is 17.7 Å². The molecule has 2 aromatic carbocycles. The molecular formula is C21H20F2N4O3S2. The Kier molecular flexibility index (Phi) is 6.29. The summed E-state index contributed by atoms with van der Waals surface area (Å²) in [6, 6.07) is 11.8. The first-order valence-electron chi connectivity index (χ1n) is 9.87. The first-order valence-corrected chi connectivity index (χ1v) is 12.6. The van der Waals surface area contributed by atoms with E-state index in [1.54, 1.807) is 31.2 Å². The van der Waals surface area contributed by atoms with Gasteiger partial charge in [-0.3, -0.25) is 9.36 Å². The van der Waals surface area contributed by atoms with E-state index in [-0.39, 0.29) is 28.3 Å². The lowest BCUT2D eigenvalue weighted by Gasteiger charge is -2.16. The zero-order valence-corrected chi connectivity index (χ0v) is 18.7. The minimum atomic E-state index is -3.12. The van der Waals surface area contributed by atoms with Gasteiger partial charge in [-0.25, -0.2) is 17.2 Å². The van der Waals surface area contributed by atoms with Crippen molar-refractivity contribution in [3.05, 3.63) is 60.2 Å². The van der Waals surface area contributed by atoms with Crippen LogP contribution in [0.2, 0.25) is 0 Å². The summed E-state index contributed by atoms with van der Waals surface area (Å²) in [4.78, 5) is 12.6. The summed E-state index contributed by atoms with van der Waals surface area (Å²) in [6.07, 6.45) is 0.376. The van der Waals surface area contributed by atoms with Crippen molar-refractivity contribution in [3.63, 3.8) is 0 Å². The lowest BCUT2D eigenvalue weighted by atomic mass is 10.2. The van der Waals surface area contributed by atoms with Gasteiger partial charge in [-0.15, -0.1) is 10.2 Å². The molecule has 0 radical (unpaired) electrons. The third-order valence-corrected chi connectivity index (χ3v) is 7.86. The Morgan fingerprint density at radius 2 is 1.94 bits per heavy atom. The number of rotatable bonds is 6. The molecule has 1 aliphatic heterocycles. The van der Waals surface area contributed by atoms with Gasteiger partial charge in [0.2, 0.25) is 5.91 Å². The van der Waals surface area contributed by atoms with Crippen LogP contribution in [0, 0.1) is 11.6 Å². The Balaban J connectivity index is 1.64. The van der Waals surface area contributed by atoms with Gasteiger partial charge in [0.15, 0.2) is 20.8 Å². The monoisotopic (exact) mass is 478 g/mol. The van der Waals surface area contributed by atoms with Crippen LogP contribution in [0.1, 0.15) is 13.3 Å². The maximum atomic E-state index is 14.7. The van der Waals surface area contributed by atoms with Crippen molar-refractivity contribution in [1.29, 1.82) is 0 Å². The summed E-state index contributed by atoms with van der Waals surface area (Å²) in [6.45, 7) is 1.64. The topological polar surface area (TPSA) is 93.9 Å². The number of nitrogens with one attached hydrogen (secondary N) is 1. The predicted octanol–water partition coefficient (Wildman–Crippen LogP) is 3.00. The van der Waals surface area contributed by atoms with E-state index in [9.17, 15) is 22.0 Å². The van der Waals surface area contributed by atoms with E-state index in [0.717, 1.165) is 23.9 Å². The van der Waals surface area contributed by atoms with Crippen LogP contribution >= 0.6 is 11.8 Å². The number of sulfone groups is 1. The van der Waals surface area contributed by atoms with E-state index in [2.05, 4.69) is 15.5 Å². The molecule has 168 valence electrons. The maximum absolute atomic E-state index is 14.7. The number of nitrogens with zero attached hydrogens (tertiary/aromatic N) is 3. The zero-order valence-electron chi connectivity index (χ0n) is 17.0. The fraction of sp³-hybridized carbons (Fsp3) is 0.286. The number of aromatic nitrogens is 3. The van der Waals surface area contributed by atoms with Crippen molar-refractivity contribution >= 4 is 27.5 Å². The number of carbonyl (C=O) groups is 1. The van der Waals surface area contributed by atoms with E-state index in [0.29, 0.717) is 17.8 Å². The Morgan fingerprint density at radius 1 is 1.19 bits per heavy atom. The summed E-state index contributed by atoms with van der Waals surface area (Å²) in [5, 5.41) is 10.7. The van der Waals surface area contributed by atoms with Crippen LogP contribution in [-0.4, -0.2) is 51.9 Å². The number of halogens is 2. The third kappa shape index (κ3) is 4.83. The summed E-state index contributed by atoms with van der Waals surface area (Å²) >= 11 is 1.05. The summed E-state index contributed by atoms with van der Waals surface area (Å²) < 4.78 is 52.9. The second-order valence-electron chi connectivity index (χ2n) is 7.47. The molecule has 1 saturated heterocycles. The molecule has 1 amide bonds. The van der Waals surface area contributed by atoms with Gasteiger partial charge in [-0.1, -0.05) is 42.1 Å². The van der Waals surface area contributed by atoms with Gasteiger partial charge in [0.05, 0.1) is 22.4 Å². The van der Waals surface area contributed by atoms with E-state index in [4.69, 9.17) is 0 Å². The van der Waals surface area contributed by atoms with Gasteiger partial charge in [-0.05, 0) is 25.5 Å². The number of benzene rings is 2. The minimum Gasteiger partial charge on any atom is -0.351 e. The second kappa shape index (κ2) is 8.99. The molecule has 4 rings (SSSR count). The number of amides is 1. The van der Waals surface area contributed by atoms with Crippen molar-refractivity contribution in [3.8, 4) is 17.1 Å².